The van der Waals surface area contributed by atoms with Gasteiger partial charge in [0, 0.05) is 19.3 Å². The standard InChI is InChI=1S/C15H17N3O2/c1-3-11-6-4-5-7-13(11)20-12-8-9-17-14(10-12)18-15(19)16-2/h4-10H,3H2,1-2H3,(H2,16,17,18,19). The molecule has 0 radical (unpaired) electrons. The highest BCUT2D eigenvalue weighted by Crippen LogP contribution is 2.26. The molecular formula is C15H17N3O2. The van der Waals surface area contributed by atoms with Crippen molar-refractivity contribution in [3.05, 3.63) is 48.2 Å². The van der Waals surface area contributed by atoms with E-state index in [1.54, 1.807) is 25.4 Å². The van der Waals surface area contributed by atoms with Gasteiger partial charge in [0.2, 0.25) is 0 Å². The SMILES string of the molecule is CCc1ccccc1Oc1ccnc(NC(=O)NC)c1. The molecule has 1 heterocycles. The highest BCUT2D eigenvalue weighted by molar-refractivity contribution is 5.88. The van der Waals surface area contributed by atoms with Crippen molar-refractivity contribution in [2.45, 2.75) is 13.3 Å². The van der Waals surface area contributed by atoms with Gasteiger partial charge in [-0.1, -0.05) is 25.1 Å². The van der Waals surface area contributed by atoms with Crippen LogP contribution in [0.1, 0.15) is 12.5 Å². The highest BCUT2D eigenvalue weighted by atomic mass is 16.5. The molecule has 5 heteroatoms. The Balaban J connectivity index is 2.17. The average molecular weight is 271 g/mol. The summed E-state index contributed by atoms with van der Waals surface area (Å²) >= 11 is 0. The first-order chi connectivity index (χ1) is 9.72. The lowest BCUT2D eigenvalue weighted by Crippen LogP contribution is -2.24. The Hall–Kier alpha value is -2.56. The van der Waals surface area contributed by atoms with Crippen LogP contribution in [0.15, 0.2) is 42.6 Å². The van der Waals surface area contributed by atoms with Crippen LogP contribution in [0.5, 0.6) is 11.5 Å². The fourth-order valence-electron chi connectivity index (χ4n) is 1.74. The van der Waals surface area contributed by atoms with Crippen LogP contribution in [0.4, 0.5) is 10.6 Å². The minimum absolute atomic E-state index is 0.316. The van der Waals surface area contributed by atoms with E-state index in [2.05, 4.69) is 22.5 Å². The first kappa shape index (κ1) is 13.9. The summed E-state index contributed by atoms with van der Waals surface area (Å²) in [5.41, 5.74) is 1.13. The number of rotatable bonds is 4. The summed E-state index contributed by atoms with van der Waals surface area (Å²) in [5.74, 6) is 1.88. The first-order valence-corrected chi connectivity index (χ1v) is 6.43. The Labute approximate surface area is 118 Å². The molecule has 2 amide bonds. The predicted octanol–water partition coefficient (Wildman–Crippen LogP) is 3.19. The van der Waals surface area contributed by atoms with E-state index in [0.717, 1.165) is 17.7 Å². The number of ether oxygens (including phenoxy) is 1. The second-order valence-electron chi connectivity index (χ2n) is 4.14. The van der Waals surface area contributed by atoms with E-state index in [1.807, 2.05) is 24.3 Å². The molecule has 0 aliphatic carbocycles. The topological polar surface area (TPSA) is 63.2 Å². The average Bonchev–Trinajstić information content (AvgIpc) is 2.48. The van der Waals surface area contributed by atoms with Gasteiger partial charge in [-0.3, -0.25) is 5.32 Å². The zero-order valence-electron chi connectivity index (χ0n) is 11.5. The summed E-state index contributed by atoms with van der Waals surface area (Å²) in [5, 5.41) is 5.08. The lowest BCUT2D eigenvalue weighted by Gasteiger charge is -2.10. The Kier molecular flexibility index (Phi) is 4.55. The minimum Gasteiger partial charge on any atom is -0.457 e. The number of hydrogen-bond donors (Lipinski definition) is 2. The second-order valence-corrected chi connectivity index (χ2v) is 4.14. The van der Waals surface area contributed by atoms with Crippen LogP contribution in [0.25, 0.3) is 0 Å². The van der Waals surface area contributed by atoms with Gasteiger partial charge in [-0.05, 0) is 24.1 Å². The minimum atomic E-state index is -0.316. The molecule has 2 aromatic rings. The molecule has 1 aromatic carbocycles. The largest absolute Gasteiger partial charge is 0.457 e. The molecule has 0 unspecified atom stereocenters. The van der Waals surface area contributed by atoms with Crippen molar-refractivity contribution in [2.24, 2.45) is 0 Å². The van der Waals surface area contributed by atoms with Crippen LogP contribution >= 0.6 is 0 Å². The van der Waals surface area contributed by atoms with Crippen LogP contribution in [-0.4, -0.2) is 18.1 Å². The van der Waals surface area contributed by atoms with Crippen molar-refractivity contribution in [1.29, 1.82) is 0 Å². The molecule has 0 spiro atoms. The van der Waals surface area contributed by atoms with Crippen LogP contribution in [-0.2, 0) is 6.42 Å². The molecule has 20 heavy (non-hydrogen) atoms. The van der Waals surface area contributed by atoms with Crippen molar-refractivity contribution in [3.8, 4) is 11.5 Å². The molecule has 0 aliphatic heterocycles. The first-order valence-electron chi connectivity index (χ1n) is 6.43. The molecular weight excluding hydrogens is 254 g/mol. The molecule has 2 rings (SSSR count). The fourth-order valence-corrected chi connectivity index (χ4v) is 1.74. The molecule has 0 saturated carbocycles. The lowest BCUT2D eigenvalue weighted by molar-refractivity contribution is 0.254. The molecule has 1 aromatic heterocycles. The van der Waals surface area contributed by atoms with Crippen molar-refractivity contribution in [2.75, 3.05) is 12.4 Å². The van der Waals surface area contributed by atoms with E-state index >= 15 is 0 Å². The van der Waals surface area contributed by atoms with E-state index in [9.17, 15) is 4.79 Å². The van der Waals surface area contributed by atoms with Gasteiger partial charge in [-0.15, -0.1) is 0 Å². The van der Waals surface area contributed by atoms with Gasteiger partial charge in [0.1, 0.15) is 17.3 Å². The fraction of sp³-hybridized carbons (Fsp3) is 0.200. The molecule has 5 nitrogen and oxygen atoms in total. The van der Waals surface area contributed by atoms with Crippen LogP contribution < -0.4 is 15.4 Å². The van der Waals surface area contributed by atoms with E-state index < -0.39 is 0 Å². The summed E-state index contributed by atoms with van der Waals surface area (Å²) in [6.45, 7) is 2.08. The molecule has 0 atom stereocenters. The van der Waals surface area contributed by atoms with E-state index in [-0.39, 0.29) is 6.03 Å². The lowest BCUT2D eigenvalue weighted by atomic mass is 10.1. The predicted molar refractivity (Wildman–Crippen MR) is 78.2 cm³/mol. The molecule has 0 bridgehead atoms. The second kappa shape index (κ2) is 6.56. The summed E-state index contributed by atoms with van der Waals surface area (Å²) in [6, 6.07) is 11.0. The van der Waals surface area contributed by atoms with Gasteiger partial charge in [-0.25, -0.2) is 9.78 Å². The number of aryl methyl sites for hydroxylation is 1. The molecule has 104 valence electrons. The van der Waals surface area contributed by atoms with Gasteiger partial charge in [0.15, 0.2) is 0 Å². The number of nitrogens with one attached hydrogen (secondary N) is 2. The van der Waals surface area contributed by atoms with Crippen LogP contribution in [0.3, 0.4) is 0 Å². The third kappa shape index (κ3) is 3.47. The molecule has 0 saturated heterocycles. The maximum Gasteiger partial charge on any atom is 0.320 e. The van der Waals surface area contributed by atoms with E-state index in [1.165, 1.54) is 0 Å². The van der Waals surface area contributed by atoms with Gasteiger partial charge in [0.05, 0.1) is 0 Å². The summed E-state index contributed by atoms with van der Waals surface area (Å²) in [4.78, 5) is 15.3. The number of carbonyl (C=O) groups excluding carboxylic acids is 1. The summed E-state index contributed by atoms with van der Waals surface area (Å²) in [6.07, 6.45) is 2.49. The Morgan fingerprint density at radius 3 is 2.85 bits per heavy atom. The Bertz CT molecular complexity index is 599. The van der Waals surface area contributed by atoms with E-state index in [4.69, 9.17) is 4.74 Å². The quantitative estimate of drug-likeness (QED) is 0.897. The summed E-state index contributed by atoms with van der Waals surface area (Å²) < 4.78 is 5.84. The van der Waals surface area contributed by atoms with Crippen molar-refractivity contribution in [3.63, 3.8) is 0 Å². The number of carbonyl (C=O) groups is 1. The smallest absolute Gasteiger partial charge is 0.320 e. The third-order valence-corrected chi connectivity index (χ3v) is 2.78. The van der Waals surface area contributed by atoms with Gasteiger partial charge >= 0.3 is 6.03 Å². The van der Waals surface area contributed by atoms with Crippen molar-refractivity contribution >= 4 is 11.8 Å². The van der Waals surface area contributed by atoms with Crippen LogP contribution in [0, 0.1) is 0 Å². The number of anilines is 1. The molecule has 0 fully saturated rings. The number of hydrogen-bond acceptors (Lipinski definition) is 3. The van der Waals surface area contributed by atoms with Crippen molar-refractivity contribution in [1.82, 2.24) is 10.3 Å². The summed E-state index contributed by atoms with van der Waals surface area (Å²) in [7, 11) is 1.55. The Morgan fingerprint density at radius 2 is 2.10 bits per heavy atom. The number of nitrogens with zero attached hydrogens (tertiary/aromatic N) is 1. The number of benzene rings is 1. The maximum absolute atomic E-state index is 11.2. The zero-order chi connectivity index (χ0) is 14.4. The number of pyridine rings is 1. The normalized spacial score (nSPS) is 9.90. The van der Waals surface area contributed by atoms with Gasteiger partial charge in [-0.2, -0.15) is 0 Å². The molecule has 2 N–H and O–H groups in total. The third-order valence-electron chi connectivity index (χ3n) is 2.78. The monoisotopic (exact) mass is 271 g/mol. The van der Waals surface area contributed by atoms with Gasteiger partial charge < -0.3 is 10.1 Å². The maximum atomic E-state index is 11.2. The van der Waals surface area contributed by atoms with Crippen molar-refractivity contribution < 1.29 is 9.53 Å². The Morgan fingerprint density at radius 1 is 1.30 bits per heavy atom. The van der Waals surface area contributed by atoms with Crippen LogP contribution in [0.2, 0.25) is 0 Å². The number of urea groups is 1. The highest BCUT2D eigenvalue weighted by Gasteiger charge is 2.05. The van der Waals surface area contributed by atoms with E-state index in [0.29, 0.717) is 11.6 Å². The number of para-hydroxylation sites is 1. The number of aromatic nitrogens is 1. The molecule has 0 aliphatic rings. The van der Waals surface area contributed by atoms with Gasteiger partial charge in [0.25, 0.3) is 0 Å². The zero-order valence-corrected chi connectivity index (χ0v) is 11.5. The number of amides is 2.